The highest BCUT2D eigenvalue weighted by molar-refractivity contribution is 6.30. The molecule has 0 unspecified atom stereocenters. The fraction of sp³-hybridized carbons (Fsp3) is 0.211. The van der Waals surface area contributed by atoms with Crippen LogP contribution in [0.5, 0.6) is 0 Å². The number of nitrogens with one attached hydrogen (secondary N) is 1. The minimum Gasteiger partial charge on any atom is -0.345 e. The number of benzene rings is 1. The van der Waals surface area contributed by atoms with Gasteiger partial charge in [0.15, 0.2) is 17.3 Å². The van der Waals surface area contributed by atoms with Crippen LogP contribution in [0.25, 0.3) is 17.1 Å². The van der Waals surface area contributed by atoms with Gasteiger partial charge in [0.25, 0.3) is 11.8 Å². The summed E-state index contributed by atoms with van der Waals surface area (Å²) in [5, 5.41) is 15.7. The van der Waals surface area contributed by atoms with E-state index < -0.39 is 0 Å². The SMILES string of the molecule is CCCc1noc(-c2cccn3c(CNC(=O)c4cccc(Cl)c4)nnc23)n1. The van der Waals surface area contributed by atoms with Crippen LogP contribution in [0, 0.1) is 0 Å². The van der Waals surface area contributed by atoms with Gasteiger partial charge >= 0.3 is 0 Å². The van der Waals surface area contributed by atoms with Gasteiger partial charge < -0.3 is 9.84 Å². The molecule has 4 rings (SSSR count). The Morgan fingerprint density at radius 2 is 2.14 bits per heavy atom. The minimum atomic E-state index is -0.239. The quantitative estimate of drug-likeness (QED) is 0.536. The lowest BCUT2D eigenvalue weighted by Gasteiger charge is -2.05. The summed E-state index contributed by atoms with van der Waals surface area (Å²) in [4.78, 5) is 16.7. The number of hydrogen-bond donors (Lipinski definition) is 1. The number of fused-ring (bicyclic) bond motifs is 1. The molecule has 1 N–H and O–H groups in total. The summed E-state index contributed by atoms with van der Waals surface area (Å²) in [7, 11) is 0. The molecule has 142 valence electrons. The van der Waals surface area contributed by atoms with Crippen LogP contribution in [-0.2, 0) is 13.0 Å². The number of nitrogens with zero attached hydrogens (tertiary/aromatic N) is 5. The molecule has 0 bridgehead atoms. The Hall–Kier alpha value is -3.26. The lowest BCUT2D eigenvalue weighted by atomic mass is 10.2. The van der Waals surface area contributed by atoms with Crippen molar-refractivity contribution in [3.05, 3.63) is 64.8 Å². The van der Waals surface area contributed by atoms with Crippen molar-refractivity contribution in [3.8, 4) is 11.5 Å². The van der Waals surface area contributed by atoms with E-state index in [1.165, 1.54) is 0 Å². The van der Waals surface area contributed by atoms with Crippen LogP contribution < -0.4 is 5.32 Å². The molecule has 0 aliphatic heterocycles. The first-order valence-electron chi connectivity index (χ1n) is 8.85. The number of aryl methyl sites for hydroxylation is 1. The highest BCUT2D eigenvalue weighted by atomic mass is 35.5. The first-order chi connectivity index (χ1) is 13.7. The number of aromatic nitrogens is 5. The van der Waals surface area contributed by atoms with Crippen LogP contribution in [0.2, 0.25) is 5.02 Å². The number of amides is 1. The number of halogens is 1. The number of pyridine rings is 1. The summed E-state index contributed by atoms with van der Waals surface area (Å²) < 4.78 is 7.15. The molecule has 0 fully saturated rings. The molecule has 0 atom stereocenters. The van der Waals surface area contributed by atoms with E-state index in [9.17, 15) is 4.79 Å². The first-order valence-corrected chi connectivity index (χ1v) is 9.23. The number of rotatable bonds is 6. The third-order valence-electron chi connectivity index (χ3n) is 4.17. The van der Waals surface area contributed by atoms with E-state index in [0.717, 1.165) is 12.8 Å². The van der Waals surface area contributed by atoms with Crippen LogP contribution >= 0.6 is 11.6 Å². The average Bonchev–Trinajstić information content (AvgIpc) is 3.33. The molecule has 0 saturated carbocycles. The molecular formula is C19H17ClN6O2. The highest BCUT2D eigenvalue weighted by Gasteiger charge is 2.16. The van der Waals surface area contributed by atoms with E-state index in [0.29, 0.717) is 39.3 Å². The summed E-state index contributed by atoms with van der Waals surface area (Å²) in [6.07, 6.45) is 3.51. The zero-order valence-electron chi connectivity index (χ0n) is 15.1. The molecule has 1 amide bonds. The van der Waals surface area contributed by atoms with E-state index >= 15 is 0 Å². The smallest absolute Gasteiger partial charge is 0.261 e. The molecule has 1 aromatic carbocycles. The van der Waals surface area contributed by atoms with E-state index in [4.69, 9.17) is 16.1 Å². The van der Waals surface area contributed by atoms with Crippen LogP contribution in [0.15, 0.2) is 47.1 Å². The fourth-order valence-electron chi connectivity index (χ4n) is 2.83. The molecule has 4 aromatic rings. The summed E-state index contributed by atoms with van der Waals surface area (Å²) in [6.45, 7) is 2.26. The van der Waals surface area contributed by atoms with Gasteiger partial charge in [-0.2, -0.15) is 4.98 Å². The second-order valence-electron chi connectivity index (χ2n) is 6.19. The van der Waals surface area contributed by atoms with Gasteiger partial charge in [0.2, 0.25) is 0 Å². The van der Waals surface area contributed by atoms with Gasteiger partial charge in [-0.25, -0.2) is 0 Å². The van der Waals surface area contributed by atoms with Crippen LogP contribution in [0.4, 0.5) is 0 Å². The van der Waals surface area contributed by atoms with E-state index in [1.54, 1.807) is 28.7 Å². The Balaban J connectivity index is 1.57. The van der Waals surface area contributed by atoms with Crippen LogP contribution in [-0.4, -0.2) is 30.6 Å². The Labute approximate surface area is 165 Å². The van der Waals surface area contributed by atoms with Crippen molar-refractivity contribution < 1.29 is 9.32 Å². The maximum Gasteiger partial charge on any atom is 0.261 e. The average molecular weight is 397 g/mol. The molecule has 0 spiro atoms. The molecule has 0 saturated heterocycles. The van der Waals surface area contributed by atoms with Crippen LogP contribution in [0.1, 0.15) is 35.4 Å². The third-order valence-corrected chi connectivity index (χ3v) is 4.41. The van der Waals surface area contributed by atoms with E-state index in [2.05, 4.69) is 32.6 Å². The Kier molecular flexibility index (Phi) is 5.03. The number of hydrogen-bond acceptors (Lipinski definition) is 6. The van der Waals surface area contributed by atoms with Crippen molar-refractivity contribution in [3.63, 3.8) is 0 Å². The molecule has 8 nitrogen and oxygen atoms in total. The summed E-state index contributed by atoms with van der Waals surface area (Å²) in [6, 6.07) is 10.5. The van der Waals surface area contributed by atoms with Gasteiger partial charge in [0.05, 0.1) is 12.1 Å². The van der Waals surface area contributed by atoms with Gasteiger partial charge in [0.1, 0.15) is 0 Å². The molecule has 28 heavy (non-hydrogen) atoms. The van der Waals surface area contributed by atoms with Crippen molar-refractivity contribution in [2.75, 3.05) is 0 Å². The molecule has 3 heterocycles. The monoisotopic (exact) mass is 396 g/mol. The third kappa shape index (κ3) is 3.59. The Morgan fingerprint density at radius 3 is 2.96 bits per heavy atom. The fourth-order valence-corrected chi connectivity index (χ4v) is 3.02. The second kappa shape index (κ2) is 7.77. The predicted octanol–water partition coefficient (Wildman–Crippen LogP) is 3.32. The predicted molar refractivity (Wildman–Crippen MR) is 103 cm³/mol. The number of carbonyl (C=O) groups is 1. The normalized spacial score (nSPS) is 11.1. The molecular weight excluding hydrogens is 380 g/mol. The zero-order chi connectivity index (χ0) is 19.5. The van der Waals surface area contributed by atoms with Crippen LogP contribution in [0.3, 0.4) is 0 Å². The molecule has 0 aliphatic rings. The Bertz CT molecular complexity index is 1140. The number of carbonyl (C=O) groups excluding carboxylic acids is 1. The van der Waals surface area contributed by atoms with Crippen molar-refractivity contribution in [2.24, 2.45) is 0 Å². The molecule has 0 aliphatic carbocycles. The minimum absolute atomic E-state index is 0.209. The first kappa shape index (κ1) is 18.1. The second-order valence-corrected chi connectivity index (χ2v) is 6.63. The Morgan fingerprint density at radius 1 is 1.25 bits per heavy atom. The van der Waals surface area contributed by atoms with Gasteiger partial charge in [0, 0.05) is 23.2 Å². The van der Waals surface area contributed by atoms with Gasteiger partial charge in [-0.1, -0.05) is 29.7 Å². The van der Waals surface area contributed by atoms with Crippen molar-refractivity contribution in [2.45, 2.75) is 26.3 Å². The lowest BCUT2D eigenvalue weighted by Crippen LogP contribution is -2.23. The van der Waals surface area contributed by atoms with E-state index in [-0.39, 0.29) is 12.5 Å². The topological polar surface area (TPSA) is 98.2 Å². The van der Waals surface area contributed by atoms with Gasteiger partial charge in [-0.15, -0.1) is 10.2 Å². The van der Waals surface area contributed by atoms with Crippen molar-refractivity contribution in [1.29, 1.82) is 0 Å². The molecule has 9 heteroatoms. The van der Waals surface area contributed by atoms with Crippen molar-refractivity contribution in [1.82, 2.24) is 30.1 Å². The van der Waals surface area contributed by atoms with Crippen molar-refractivity contribution >= 4 is 23.2 Å². The zero-order valence-corrected chi connectivity index (χ0v) is 15.8. The summed E-state index contributed by atoms with van der Waals surface area (Å²) >= 11 is 5.94. The summed E-state index contributed by atoms with van der Waals surface area (Å²) in [5.41, 5.74) is 1.76. The molecule has 0 radical (unpaired) electrons. The maximum atomic E-state index is 12.3. The maximum absolute atomic E-state index is 12.3. The highest BCUT2D eigenvalue weighted by Crippen LogP contribution is 2.22. The largest absolute Gasteiger partial charge is 0.345 e. The molecule has 3 aromatic heterocycles. The summed E-state index contributed by atoms with van der Waals surface area (Å²) in [5.74, 6) is 1.40. The van der Waals surface area contributed by atoms with Gasteiger partial charge in [-0.3, -0.25) is 9.20 Å². The van der Waals surface area contributed by atoms with E-state index in [1.807, 2.05) is 18.3 Å². The van der Waals surface area contributed by atoms with Gasteiger partial charge in [-0.05, 0) is 36.8 Å². The standard InChI is InChI=1S/C19H17ClN6O2/c1-2-5-15-22-19(28-25-15)14-8-4-9-26-16(23-24-17(14)26)11-21-18(27)12-6-3-7-13(20)10-12/h3-4,6-10H,2,5,11H2,1H3,(H,21,27). The lowest BCUT2D eigenvalue weighted by molar-refractivity contribution is 0.0950.